The SMILES string of the molecule is C=C/C=C(\C=C)SC(/C=C\C)=C/C. The molecule has 0 aliphatic carbocycles. The number of hydrogen-bond acceptors (Lipinski definition) is 1. The van der Waals surface area contributed by atoms with Crippen LogP contribution in [0.3, 0.4) is 0 Å². The molecule has 0 amide bonds. The Morgan fingerprint density at radius 3 is 2.23 bits per heavy atom. The van der Waals surface area contributed by atoms with Crippen LogP contribution in [0.25, 0.3) is 0 Å². The molecule has 0 aromatic carbocycles. The Labute approximate surface area is 85.4 Å². The van der Waals surface area contributed by atoms with Gasteiger partial charge in [-0.2, -0.15) is 0 Å². The molecule has 0 N–H and O–H groups in total. The zero-order valence-electron chi connectivity index (χ0n) is 8.29. The minimum atomic E-state index is 1.11. The standard InChI is InChI=1S/C12H16S/c1-5-9-11(7-3)13-12(8-4)10-6-2/h5-10H,1,3H2,2,4H3/b10-6-,11-9+,12-8+. The van der Waals surface area contributed by atoms with Crippen molar-refractivity contribution in [3.8, 4) is 0 Å². The van der Waals surface area contributed by atoms with Gasteiger partial charge in [0.2, 0.25) is 0 Å². The average Bonchev–Trinajstić information content (AvgIpc) is 2.16. The van der Waals surface area contributed by atoms with Crippen LogP contribution < -0.4 is 0 Å². The number of allylic oxidation sites excluding steroid dienone is 6. The summed E-state index contributed by atoms with van der Waals surface area (Å²) in [6.45, 7) is 11.4. The molecule has 13 heavy (non-hydrogen) atoms. The van der Waals surface area contributed by atoms with Gasteiger partial charge in [-0.05, 0) is 19.9 Å². The zero-order chi connectivity index (χ0) is 10.1. The third-order valence-electron chi connectivity index (χ3n) is 1.33. The first-order valence-electron chi connectivity index (χ1n) is 4.20. The molecule has 0 rings (SSSR count). The normalized spacial score (nSPS) is 13.4. The Morgan fingerprint density at radius 1 is 1.15 bits per heavy atom. The Balaban J connectivity index is 4.46. The highest BCUT2D eigenvalue weighted by Gasteiger charge is 1.94. The lowest BCUT2D eigenvalue weighted by molar-refractivity contribution is 1.66. The van der Waals surface area contributed by atoms with Crippen molar-refractivity contribution in [2.24, 2.45) is 0 Å². The van der Waals surface area contributed by atoms with Gasteiger partial charge >= 0.3 is 0 Å². The minimum Gasteiger partial charge on any atom is -0.0990 e. The van der Waals surface area contributed by atoms with E-state index in [4.69, 9.17) is 0 Å². The van der Waals surface area contributed by atoms with Crippen LogP contribution >= 0.6 is 11.8 Å². The maximum atomic E-state index is 3.74. The highest BCUT2D eigenvalue weighted by atomic mass is 32.2. The third kappa shape index (κ3) is 5.31. The molecule has 0 aliphatic heterocycles. The quantitative estimate of drug-likeness (QED) is 0.580. The van der Waals surface area contributed by atoms with Crippen LogP contribution in [0.15, 0.2) is 59.4 Å². The first kappa shape index (κ1) is 12.0. The molecule has 0 fully saturated rings. The van der Waals surface area contributed by atoms with E-state index in [9.17, 15) is 0 Å². The highest BCUT2D eigenvalue weighted by molar-refractivity contribution is 8.07. The van der Waals surface area contributed by atoms with E-state index in [2.05, 4.69) is 25.3 Å². The number of thioether (sulfide) groups is 1. The smallest absolute Gasteiger partial charge is 0.0116 e. The maximum absolute atomic E-state index is 3.74. The van der Waals surface area contributed by atoms with E-state index in [1.54, 1.807) is 17.8 Å². The molecule has 0 saturated heterocycles. The summed E-state index contributed by atoms with van der Waals surface area (Å²) in [5.74, 6) is 0. The molecular weight excluding hydrogens is 176 g/mol. The van der Waals surface area contributed by atoms with Crippen molar-refractivity contribution < 1.29 is 0 Å². The Bertz CT molecular complexity index is 254. The van der Waals surface area contributed by atoms with Gasteiger partial charge in [-0.3, -0.25) is 0 Å². The lowest BCUT2D eigenvalue weighted by atomic mass is 10.4. The van der Waals surface area contributed by atoms with Gasteiger partial charge in [0.1, 0.15) is 0 Å². The van der Waals surface area contributed by atoms with Crippen LogP contribution in [-0.4, -0.2) is 0 Å². The monoisotopic (exact) mass is 192 g/mol. The van der Waals surface area contributed by atoms with Crippen LogP contribution in [0, 0.1) is 0 Å². The fourth-order valence-corrected chi connectivity index (χ4v) is 1.59. The summed E-state index contributed by atoms with van der Waals surface area (Å²) in [5, 5.41) is 0. The van der Waals surface area contributed by atoms with Crippen molar-refractivity contribution in [3.05, 3.63) is 59.4 Å². The molecule has 0 aromatic rings. The highest BCUT2D eigenvalue weighted by Crippen LogP contribution is 2.26. The fraction of sp³-hybridized carbons (Fsp3) is 0.167. The predicted molar refractivity (Wildman–Crippen MR) is 64.6 cm³/mol. The summed E-state index contributed by atoms with van der Waals surface area (Å²) in [7, 11) is 0. The van der Waals surface area contributed by atoms with Gasteiger partial charge in [-0.1, -0.05) is 55.3 Å². The molecule has 0 radical (unpaired) electrons. The summed E-state index contributed by atoms with van der Waals surface area (Å²) < 4.78 is 0. The molecule has 0 saturated carbocycles. The van der Waals surface area contributed by atoms with E-state index in [1.165, 1.54) is 4.91 Å². The first-order chi connectivity index (χ1) is 6.28. The molecule has 0 heterocycles. The maximum Gasteiger partial charge on any atom is 0.0116 e. The first-order valence-corrected chi connectivity index (χ1v) is 5.02. The summed E-state index contributed by atoms with van der Waals surface area (Å²) in [5.41, 5.74) is 0. The molecule has 0 atom stereocenters. The van der Waals surface area contributed by atoms with Crippen molar-refractivity contribution in [2.45, 2.75) is 13.8 Å². The predicted octanol–water partition coefficient (Wildman–Crippen LogP) is 4.46. The second kappa shape index (κ2) is 7.69. The lowest BCUT2D eigenvalue weighted by Crippen LogP contribution is -1.72. The van der Waals surface area contributed by atoms with E-state index >= 15 is 0 Å². The van der Waals surface area contributed by atoms with Crippen LogP contribution in [0.5, 0.6) is 0 Å². The molecule has 0 aliphatic rings. The summed E-state index contributed by atoms with van der Waals surface area (Å²) in [4.78, 5) is 2.33. The molecule has 1 heteroatoms. The van der Waals surface area contributed by atoms with Crippen molar-refractivity contribution >= 4 is 11.8 Å². The summed E-state index contributed by atoms with van der Waals surface area (Å²) in [6, 6.07) is 0. The van der Waals surface area contributed by atoms with Gasteiger partial charge in [-0.25, -0.2) is 0 Å². The molecule has 0 nitrogen and oxygen atoms in total. The van der Waals surface area contributed by atoms with Crippen molar-refractivity contribution in [2.75, 3.05) is 0 Å². The van der Waals surface area contributed by atoms with E-state index in [0.717, 1.165) is 4.91 Å². The Hall–Kier alpha value is -0.950. The molecule has 0 bridgehead atoms. The average molecular weight is 192 g/mol. The van der Waals surface area contributed by atoms with E-state index in [1.807, 2.05) is 32.1 Å². The van der Waals surface area contributed by atoms with Crippen molar-refractivity contribution in [1.82, 2.24) is 0 Å². The molecule has 70 valence electrons. The van der Waals surface area contributed by atoms with E-state index in [0.29, 0.717) is 0 Å². The number of hydrogen-bond donors (Lipinski definition) is 0. The largest absolute Gasteiger partial charge is 0.0990 e. The minimum absolute atomic E-state index is 1.11. The third-order valence-corrected chi connectivity index (χ3v) is 2.48. The summed E-state index contributed by atoms with van der Waals surface area (Å²) >= 11 is 1.69. The van der Waals surface area contributed by atoms with Crippen LogP contribution in [0.1, 0.15) is 13.8 Å². The van der Waals surface area contributed by atoms with Gasteiger partial charge in [0, 0.05) is 9.81 Å². The molecule has 0 aromatic heterocycles. The topological polar surface area (TPSA) is 0 Å². The van der Waals surface area contributed by atoms with E-state index < -0.39 is 0 Å². The molecule has 0 spiro atoms. The molecular formula is C12H16S. The van der Waals surface area contributed by atoms with Crippen LogP contribution in [0.2, 0.25) is 0 Å². The van der Waals surface area contributed by atoms with Gasteiger partial charge < -0.3 is 0 Å². The second-order valence-electron chi connectivity index (χ2n) is 2.30. The number of rotatable bonds is 5. The van der Waals surface area contributed by atoms with Crippen molar-refractivity contribution in [3.63, 3.8) is 0 Å². The van der Waals surface area contributed by atoms with Gasteiger partial charge in [0.15, 0.2) is 0 Å². The van der Waals surface area contributed by atoms with Gasteiger partial charge in [0.05, 0.1) is 0 Å². The van der Waals surface area contributed by atoms with E-state index in [-0.39, 0.29) is 0 Å². The van der Waals surface area contributed by atoms with Crippen LogP contribution in [-0.2, 0) is 0 Å². The van der Waals surface area contributed by atoms with Crippen molar-refractivity contribution in [1.29, 1.82) is 0 Å². The van der Waals surface area contributed by atoms with Crippen LogP contribution in [0.4, 0.5) is 0 Å². The lowest BCUT2D eigenvalue weighted by Gasteiger charge is -2.00. The van der Waals surface area contributed by atoms with Gasteiger partial charge in [-0.15, -0.1) is 0 Å². The molecule has 0 unspecified atom stereocenters. The zero-order valence-corrected chi connectivity index (χ0v) is 9.10. The summed E-state index contributed by atoms with van der Waals surface area (Å²) in [6.07, 6.45) is 11.7. The van der Waals surface area contributed by atoms with Gasteiger partial charge in [0.25, 0.3) is 0 Å². The fourth-order valence-electron chi connectivity index (χ4n) is 0.749. The Morgan fingerprint density at radius 2 is 1.85 bits per heavy atom. The Kier molecular flexibility index (Phi) is 7.12. The second-order valence-corrected chi connectivity index (χ2v) is 3.45.